The normalized spacial score (nSPS) is 18.8. The third kappa shape index (κ3) is 5.90. The van der Waals surface area contributed by atoms with E-state index in [-0.39, 0.29) is 30.8 Å². The SMILES string of the molecule is CC(C)(C)OC(=O)Cc1ccc2c(c1)N(S(=O)(=O)c1cccc(C(F)(F)F)c1)C[C@@H](CC1(C(=O)O)CC1)O2. The highest BCUT2D eigenvalue weighted by molar-refractivity contribution is 7.92. The Morgan fingerprint density at radius 2 is 1.82 bits per heavy atom. The van der Waals surface area contributed by atoms with Crippen LogP contribution in [-0.4, -0.2) is 43.7 Å². The van der Waals surface area contributed by atoms with E-state index >= 15 is 0 Å². The molecule has 38 heavy (non-hydrogen) atoms. The van der Waals surface area contributed by atoms with Crippen molar-refractivity contribution in [3.05, 3.63) is 53.6 Å². The van der Waals surface area contributed by atoms with E-state index in [9.17, 15) is 36.3 Å². The minimum absolute atomic E-state index is 0.0377. The maximum absolute atomic E-state index is 13.7. The fraction of sp³-hybridized carbons (Fsp3) is 0.462. The molecule has 0 radical (unpaired) electrons. The zero-order chi connectivity index (χ0) is 28.1. The number of esters is 1. The number of carbonyl (C=O) groups excluding carboxylic acids is 1. The van der Waals surface area contributed by atoms with Crippen molar-refractivity contribution in [2.24, 2.45) is 5.41 Å². The van der Waals surface area contributed by atoms with Crippen LogP contribution in [0.25, 0.3) is 0 Å². The maximum Gasteiger partial charge on any atom is 0.416 e. The van der Waals surface area contributed by atoms with E-state index in [1.807, 2.05) is 0 Å². The molecule has 2 aromatic rings. The number of halogens is 3. The van der Waals surface area contributed by atoms with Gasteiger partial charge in [-0.15, -0.1) is 0 Å². The van der Waals surface area contributed by atoms with Crippen LogP contribution in [0.1, 0.15) is 51.2 Å². The fourth-order valence-electron chi connectivity index (χ4n) is 4.40. The summed E-state index contributed by atoms with van der Waals surface area (Å²) in [5, 5.41) is 9.60. The molecule has 1 N–H and O–H groups in total. The van der Waals surface area contributed by atoms with Crippen LogP contribution in [0.4, 0.5) is 18.9 Å². The molecule has 1 saturated carbocycles. The lowest BCUT2D eigenvalue weighted by Crippen LogP contribution is -2.45. The van der Waals surface area contributed by atoms with Crippen LogP contribution in [0.5, 0.6) is 5.75 Å². The van der Waals surface area contributed by atoms with Crippen LogP contribution in [0.3, 0.4) is 0 Å². The van der Waals surface area contributed by atoms with Gasteiger partial charge in [0.1, 0.15) is 17.5 Å². The molecule has 0 saturated heterocycles. The summed E-state index contributed by atoms with van der Waals surface area (Å²) in [5.74, 6) is -1.44. The molecule has 1 aliphatic heterocycles. The average molecular weight is 556 g/mol. The number of fused-ring (bicyclic) bond motifs is 1. The highest BCUT2D eigenvalue weighted by atomic mass is 32.2. The Balaban J connectivity index is 1.73. The third-order valence-corrected chi connectivity index (χ3v) is 8.17. The van der Waals surface area contributed by atoms with Crippen molar-refractivity contribution in [1.82, 2.24) is 0 Å². The van der Waals surface area contributed by atoms with Gasteiger partial charge in [-0.3, -0.25) is 13.9 Å². The number of hydrogen-bond donors (Lipinski definition) is 1. The summed E-state index contributed by atoms with van der Waals surface area (Å²) in [6, 6.07) is 7.86. The molecule has 4 rings (SSSR count). The zero-order valence-electron chi connectivity index (χ0n) is 21.0. The lowest BCUT2D eigenvalue weighted by molar-refractivity contribution is -0.154. The minimum atomic E-state index is -4.75. The fourth-order valence-corrected chi connectivity index (χ4v) is 5.94. The predicted molar refractivity (Wildman–Crippen MR) is 130 cm³/mol. The maximum atomic E-state index is 13.7. The molecule has 0 aromatic heterocycles. The monoisotopic (exact) mass is 555 g/mol. The lowest BCUT2D eigenvalue weighted by Gasteiger charge is -2.36. The van der Waals surface area contributed by atoms with E-state index in [2.05, 4.69) is 0 Å². The first-order valence-corrected chi connectivity index (χ1v) is 13.4. The number of anilines is 1. The third-order valence-electron chi connectivity index (χ3n) is 6.40. The number of ether oxygens (including phenoxy) is 2. The Morgan fingerprint density at radius 3 is 2.39 bits per heavy atom. The second kappa shape index (κ2) is 9.48. The number of carbonyl (C=O) groups is 2. The number of alkyl halides is 3. The lowest BCUT2D eigenvalue weighted by atomic mass is 9.97. The topological polar surface area (TPSA) is 110 Å². The van der Waals surface area contributed by atoms with Gasteiger partial charge in [0, 0.05) is 6.42 Å². The molecule has 2 aliphatic rings. The predicted octanol–water partition coefficient (Wildman–Crippen LogP) is 4.80. The summed E-state index contributed by atoms with van der Waals surface area (Å²) in [7, 11) is -4.53. The molecule has 0 amide bonds. The number of sulfonamides is 1. The van der Waals surface area contributed by atoms with E-state index in [0.29, 0.717) is 24.5 Å². The van der Waals surface area contributed by atoms with Crippen LogP contribution in [0.15, 0.2) is 47.4 Å². The van der Waals surface area contributed by atoms with E-state index in [4.69, 9.17) is 9.47 Å². The summed E-state index contributed by atoms with van der Waals surface area (Å²) in [6.45, 7) is 4.81. The smallest absolute Gasteiger partial charge is 0.416 e. The zero-order valence-corrected chi connectivity index (χ0v) is 21.9. The van der Waals surface area contributed by atoms with Gasteiger partial charge in [-0.25, -0.2) is 8.42 Å². The standard InChI is InChI=1S/C26H28F3NO7S/c1-24(2,3)37-22(31)12-16-7-8-21-20(11-16)30(15-18(36-21)14-25(9-10-25)23(32)33)38(34,35)19-6-4-5-17(13-19)26(27,28)29/h4-8,11,13,18H,9-10,12,14-15H2,1-3H3,(H,32,33)/t18-/m1/s1. The van der Waals surface area contributed by atoms with E-state index < -0.39 is 55.7 Å². The molecule has 206 valence electrons. The van der Waals surface area contributed by atoms with Crippen molar-refractivity contribution in [2.45, 2.75) is 69.2 Å². The quantitative estimate of drug-likeness (QED) is 0.489. The summed E-state index contributed by atoms with van der Waals surface area (Å²) in [6.07, 6.45) is -4.89. The minimum Gasteiger partial charge on any atom is -0.486 e. The number of rotatable bonds is 7. The van der Waals surface area contributed by atoms with Crippen LogP contribution in [0.2, 0.25) is 0 Å². The second-order valence-corrected chi connectivity index (χ2v) is 12.5. The van der Waals surface area contributed by atoms with Crippen LogP contribution in [0, 0.1) is 5.41 Å². The number of carboxylic acid groups (broad SMARTS) is 1. The van der Waals surface area contributed by atoms with Crippen LogP contribution >= 0.6 is 0 Å². The van der Waals surface area contributed by atoms with Crippen LogP contribution < -0.4 is 9.04 Å². The van der Waals surface area contributed by atoms with Gasteiger partial charge >= 0.3 is 18.1 Å². The van der Waals surface area contributed by atoms with Crippen LogP contribution in [-0.2, 0) is 36.9 Å². The summed E-state index contributed by atoms with van der Waals surface area (Å²) in [4.78, 5) is 23.5. The highest BCUT2D eigenvalue weighted by Crippen LogP contribution is 2.51. The molecular weight excluding hydrogens is 527 g/mol. The number of hydrogen-bond acceptors (Lipinski definition) is 6. The molecule has 1 fully saturated rings. The molecule has 1 aliphatic carbocycles. The Hall–Kier alpha value is -3.28. The molecule has 0 bridgehead atoms. The van der Waals surface area contributed by atoms with Gasteiger partial charge in [0.05, 0.1) is 34.5 Å². The molecule has 8 nitrogen and oxygen atoms in total. The first-order chi connectivity index (χ1) is 17.5. The number of carboxylic acids is 1. The van der Waals surface area contributed by atoms with E-state index in [0.717, 1.165) is 22.5 Å². The van der Waals surface area contributed by atoms with E-state index in [1.165, 1.54) is 12.1 Å². The van der Waals surface area contributed by atoms with Gasteiger partial charge in [-0.05, 0) is 69.5 Å². The summed E-state index contributed by atoms with van der Waals surface area (Å²) < 4.78 is 79.6. The highest BCUT2D eigenvalue weighted by Gasteiger charge is 2.53. The average Bonchev–Trinajstić information content (AvgIpc) is 3.58. The van der Waals surface area contributed by atoms with Crippen molar-refractivity contribution in [1.29, 1.82) is 0 Å². The van der Waals surface area contributed by atoms with Gasteiger partial charge in [0.15, 0.2) is 0 Å². The Bertz CT molecular complexity index is 1360. The molecular formula is C26H28F3NO7S. The van der Waals surface area contributed by atoms with E-state index in [1.54, 1.807) is 26.8 Å². The van der Waals surface area contributed by atoms with Gasteiger partial charge in [0.2, 0.25) is 0 Å². The molecule has 0 spiro atoms. The van der Waals surface area contributed by atoms with Gasteiger partial charge in [-0.2, -0.15) is 13.2 Å². The summed E-state index contributed by atoms with van der Waals surface area (Å²) >= 11 is 0. The molecule has 12 heteroatoms. The van der Waals surface area contributed by atoms with Gasteiger partial charge in [-0.1, -0.05) is 12.1 Å². The number of aliphatic carboxylic acids is 1. The van der Waals surface area contributed by atoms with Crippen molar-refractivity contribution in [2.75, 3.05) is 10.8 Å². The Kier molecular flexibility index (Phi) is 6.92. The Labute approximate surface area is 218 Å². The molecule has 1 heterocycles. The Morgan fingerprint density at radius 1 is 1.13 bits per heavy atom. The number of benzene rings is 2. The van der Waals surface area contributed by atoms with Crippen molar-refractivity contribution in [3.8, 4) is 5.75 Å². The van der Waals surface area contributed by atoms with Crippen molar-refractivity contribution >= 4 is 27.6 Å². The molecule has 0 unspecified atom stereocenters. The first-order valence-electron chi connectivity index (χ1n) is 12.0. The molecule has 1 atom stereocenters. The second-order valence-electron chi connectivity index (χ2n) is 10.7. The van der Waals surface area contributed by atoms with Gasteiger partial charge < -0.3 is 14.6 Å². The van der Waals surface area contributed by atoms with Gasteiger partial charge in [0.25, 0.3) is 10.0 Å². The number of nitrogens with zero attached hydrogens (tertiary/aromatic N) is 1. The first kappa shape index (κ1) is 27.7. The van der Waals surface area contributed by atoms with Crippen molar-refractivity contribution in [3.63, 3.8) is 0 Å². The molecule has 2 aromatic carbocycles. The van der Waals surface area contributed by atoms with Crippen molar-refractivity contribution < 1.29 is 45.8 Å². The largest absolute Gasteiger partial charge is 0.486 e. The summed E-state index contributed by atoms with van der Waals surface area (Å²) in [5.41, 5.74) is -2.42.